The van der Waals surface area contributed by atoms with E-state index in [-0.39, 0.29) is 11.0 Å². The number of ether oxygens (including phenoxy) is 2. The largest absolute Gasteiger partial charge is 0.493 e. The molecule has 3 rings (SSSR count). The van der Waals surface area contributed by atoms with Crippen molar-refractivity contribution in [1.82, 2.24) is 0 Å². The maximum atomic E-state index is 11.7. The van der Waals surface area contributed by atoms with Crippen LogP contribution in [-0.2, 0) is 10.2 Å². The van der Waals surface area contributed by atoms with E-state index in [0.29, 0.717) is 18.8 Å². The number of aromatic carboxylic acids is 1. The number of benzene rings is 2. The van der Waals surface area contributed by atoms with Crippen LogP contribution >= 0.6 is 0 Å². The smallest absolute Gasteiger partial charge is 0.336 e. The molecule has 0 saturated heterocycles. The molecule has 0 aliphatic carbocycles. The molecule has 2 aromatic rings. The molecule has 25 heavy (non-hydrogen) atoms. The Labute approximate surface area is 147 Å². The lowest BCUT2D eigenvalue weighted by molar-refractivity contribution is 0.0697. The average molecular weight is 338 g/mol. The molecule has 0 fully saturated rings. The van der Waals surface area contributed by atoms with E-state index >= 15 is 0 Å². The zero-order valence-electron chi connectivity index (χ0n) is 14.5. The normalized spacial score (nSPS) is 19.0. The molecule has 0 aromatic heterocycles. The molecule has 0 spiro atoms. The second-order valence-corrected chi connectivity index (χ2v) is 6.58. The number of methoxy groups -OCH3 is 1. The first-order chi connectivity index (χ1) is 12.0. The number of carbonyl (C=O) groups is 1. The molecule has 0 saturated carbocycles. The van der Waals surface area contributed by atoms with E-state index in [9.17, 15) is 9.90 Å². The fourth-order valence-electron chi connectivity index (χ4n) is 3.51. The molecule has 4 heteroatoms. The van der Waals surface area contributed by atoms with Gasteiger partial charge in [-0.3, -0.25) is 0 Å². The molecule has 1 aliphatic heterocycles. The molecule has 130 valence electrons. The van der Waals surface area contributed by atoms with Crippen molar-refractivity contribution >= 4 is 12.0 Å². The molecule has 1 heterocycles. The number of carboxylic acid groups (broad SMARTS) is 1. The van der Waals surface area contributed by atoms with Crippen molar-refractivity contribution in [2.45, 2.75) is 18.8 Å². The maximum absolute atomic E-state index is 11.7. The van der Waals surface area contributed by atoms with Crippen LogP contribution in [0.15, 0.2) is 43.0 Å². The first-order valence-electron chi connectivity index (χ1n) is 8.25. The molecule has 0 bridgehead atoms. The maximum Gasteiger partial charge on any atom is 0.336 e. The monoisotopic (exact) mass is 338 g/mol. The van der Waals surface area contributed by atoms with Crippen LogP contribution in [0.1, 0.15) is 34.8 Å². The second-order valence-electron chi connectivity index (χ2n) is 6.58. The number of hydrogen-bond donors (Lipinski definition) is 1. The zero-order valence-corrected chi connectivity index (χ0v) is 14.5. The fraction of sp³-hybridized carbons (Fsp3) is 0.286. The van der Waals surface area contributed by atoms with Crippen molar-refractivity contribution < 1.29 is 19.4 Å². The lowest BCUT2D eigenvalue weighted by Gasteiger charge is -2.35. The third-order valence-corrected chi connectivity index (χ3v) is 4.84. The van der Waals surface area contributed by atoms with Gasteiger partial charge in [-0.25, -0.2) is 4.79 Å². The second kappa shape index (κ2) is 6.73. The Kier molecular flexibility index (Phi) is 4.64. The van der Waals surface area contributed by atoms with Crippen molar-refractivity contribution in [3.63, 3.8) is 0 Å². The molecule has 1 N–H and O–H groups in total. The Bertz CT molecular complexity index is 825. The van der Waals surface area contributed by atoms with Crippen molar-refractivity contribution in [3.8, 4) is 16.9 Å². The zero-order chi connectivity index (χ0) is 18.0. The third-order valence-electron chi connectivity index (χ3n) is 4.84. The highest BCUT2D eigenvalue weighted by molar-refractivity contribution is 5.98. The van der Waals surface area contributed by atoms with Crippen LogP contribution in [0.4, 0.5) is 0 Å². The van der Waals surface area contributed by atoms with Crippen LogP contribution in [0, 0.1) is 0 Å². The molecular formula is C21H22O4. The van der Waals surface area contributed by atoms with Gasteiger partial charge in [-0.05, 0) is 35.7 Å². The summed E-state index contributed by atoms with van der Waals surface area (Å²) in [5.41, 5.74) is 3.48. The van der Waals surface area contributed by atoms with Crippen molar-refractivity contribution in [1.29, 1.82) is 0 Å². The van der Waals surface area contributed by atoms with Gasteiger partial charge in [0.25, 0.3) is 0 Å². The van der Waals surface area contributed by atoms with E-state index in [1.165, 1.54) is 0 Å². The minimum Gasteiger partial charge on any atom is -0.493 e. The van der Waals surface area contributed by atoms with Crippen molar-refractivity contribution in [2.75, 3.05) is 20.3 Å². The summed E-state index contributed by atoms with van der Waals surface area (Å²) in [6, 6.07) is 11.1. The van der Waals surface area contributed by atoms with E-state index in [1.54, 1.807) is 25.3 Å². The van der Waals surface area contributed by atoms with Crippen LogP contribution in [0.5, 0.6) is 5.75 Å². The summed E-state index contributed by atoms with van der Waals surface area (Å²) in [6.07, 6.45) is 2.54. The molecule has 1 atom stereocenters. The van der Waals surface area contributed by atoms with Gasteiger partial charge in [-0.15, -0.1) is 0 Å². The number of hydrogen-bond acceptors (Lipinski definition) is 3. The van der Waals surface area contributed by atoms with E-state index in [2.05, 4.69) is 13.5 Å². The Morgan fingerprint density at radius 2 is 2.20 bits per heavy atom. The first-order valence-corrected chi connectivity index (χ1v) is 8.25. The Hall–Kier alpha value is -2.59. The molecular weight excluding hydrogens is 316 g/mol. The van der Waals surface area contributed by atoms with Crippen LogP contribution < -0.4 is 4.74 Å². The highest BCUT2D eigenvalue weighted by atomic mass is 16.5. The van der Waals surface area contributed by atoms with Crippen molar-refractivity contribution in [3.05, 3.63) is 59.7 Å². The summed E-state index contributed by atoms with van der Waals surface area (Å²) < 4.78 is 11.2. The summed E-state index contributed by atoms with van der Waals surface area (Å²) in [7, 11) is 1.69. The minimum atomic E-state index is -0.952. The van der Waals surface area contributed by atoms with Gasteiger partial charge in [0.15, 0.2) is 0 Å². The predicted octanol–water partition coefficient (Wildman–Crippen LogP) is 4.38. The average Bonchev–Trinajstić information content (AvgIpc) is 2.61. The van der Waals surface area contributed by atoms with Gasteiger partial charge < -0.3 is 14.6 Å². The van der Waals surface area contributed by atoms with Crippen molar-refractivity contribution in [2.24, 2.45) is 0 Å². The molecule has 4 nitrogen and oxygen atoms in total. The lowest BCUT2D eigenvalue weighted by atomic mass is 9.77. The van der Waals surface area contributed by atoms with Crippen LogP contribution in [0.3, 0.4) is 0 Å². The topological polar surface area (TPSA) is 55.8 Å². The minimum absolute atomic E-state index is 0.162. The predicted molar refractivity (Wildman–Crippen MR) is 98.3 cm³/mol. The molecule has 1 unspecified atom stereocenters. The van der Waals surface area contributed by atoms with Gasteiger partial charge in [0.05, 0.1) is 18.8 Å². The Balaban J connectivity index is 2.21. The highest BCUT2D eigenvalue weighted by Gasteiger charge is 2.34. The molecule has 1 aliphatic rings. The van der Waals surface area contributed by atoms with Gasteiger partial charge in [-0.1, -0.05) is 37.8 Å². The SMILES string of the molecule is C=Cc1cccc(C(=O)O)c1-c1ccc2c(c1)C(C)(COC)CCO2. The molecule has 2 aromatic carbocycles. The van der Waals surface area contributed by atoms with Gasteiger partial charge >= 0.3 is 5.97 Å². The van der Waals surface area contributed by atoms with E-state index in [0.717, 1.165) is 28.9 Å². The standard InChI is InChI=1S/C21H22O4/c1-4-14-6-5-7-16(20(22)23)19(14)15-8-9-18-17(12-15)21(2,13-24-3)10-11-25-18/h4-9,12H,1,10-11,13H2,2-3H3,(H,22,23). The van der Waals surface area contributed by atoms with Crippen LogP contribution in [0.25, 0.3) is 17.2 Å². The summed E-state index contributed by atoms with van der Waals surface area (Å²) in [5, 5.41) is 9.59. The fourth-order valence-corrected chi connectivity index (χ4v) is 3.51. The molecule has 0 amide bonds. The summed E-state index contributed by atoms with van der Waals surface area (Å²) in [6.45, 7) is 7.21. The number of fused-ring (bicyclic) bond motifs is 1. The van der Waals surface area contributed by atoms with Gasteiger partial charge in [0.1, 0.15) is 5.75 Å². The van der Waals surface area contributed by atoms with E-state index in [1.807, 2.05) is 24.3 Å². The van der Waals surface area contributed by atoms with Crippen LogP contribution in [-0.4, -0.2) is 31.4 Å². The molecule has 0 radical (unpaired) electrons. The highest BCUT2D eigenvalue weighted by Crippen LogP contribution is 2.42. The van der Waals surface area contributed by atoms with Gasteiger partial charge in [0, 0.05) is 23.7 Å². The van der Waals surface area contributed by atoms with Gasteiger partial charge in [-0.2, -0.15) is 0 Å². The summed E-state index contributed by atoms with van der Waals surface area (Å²) >= 11 is 0. The van der Waals surface area contributed by atoms with E-state index < -0.39 is 5.97 Å². The first kappa shape index (κ1) is 17.2. The van der Waals surface area contributed by atoms with Gasteiger partial charge in [0.2, 0.25) is 0 Å². The Morgan fingerprint density at radius 3 is 2.88 bits per heavy atom. The van der Waals surface area contributed by atoms with Crippen LogP contribution in [0.2, 0.25) is 0 Å². The third kappa shape index (κ3) is 3.05. The summed E-state index contributed by atoms with van der Waals surface area (Å²) in [5.74, 6) is -0.116. The lowest BCUT2D eigenvalue weighted by Crippen LogP contribution is -2.34. The number of rotatable bonds is 5. The summed E-state index contributed by atoms with van der Waals surface area (Å²) in [4.78, 5) is 11.7. The number of carboxylic acids is 1. The Morgan fingerprint density at radius 1 is 1.40 bits per heavy atom. The quantitative estimate of drug-likeness (QED) is 0.879. The van der Waals surface area contributed by atoms with E-state index in [4.69, 9.17) is 9.47 Å².